The van der Waals surface area contributed by atoms with Gasteiger partial charge in [0.05, 0.1) is 0 Å². The van der Waals surface area contributed by atoms with E-state index in [1.807, 2.05) is 0 Å². The first-order chi connectivity index (χ1) is 3.15. The van der Waals surface area contributed by atoms with Gasteiger partial charge in [0.1, 0.15) is 0 Å². The van der Waals surface area contributed by atoms with E-state index in [1.54, 1.807) is 0 Å². The van der Waals surface area contributed by atoms with Gasteiger partial charge in [0, 0.05) is 6.92 Å². The predicted molar refractivity (Wildman–Crippen MR) is 36.5 cm³/mol. The van der Waals surface area contributed by atoms with Gasteiger partial charge in [0.2, 0.25) is 0 Å². The summed E-state index contributed by atoms with van der Waals surface area (Å²) in [7, 11) is 0. The van der Waals surface area contributed by atoms with Crippen molar-refractivity contribution in [1.82, 2.24) is 0 Å². The van der Waals surface area contributed by atoms with Crippen LogP contribution in [0.2, 0.25) is 0 Å². The third kappa shape index (κ3) is 122. The second kappa shape index (κ2) is 15.9. The molecule has 0 heterocycles. The van der Waals surface area contributed by atoms with Gasteiger partial charge in [-0.05, 0) is 0 Å². The third-order valence-electron chi connectivity index (χ3n) is 0. The summed E-state index contributed by atoms with van der Waals surface area (Å²) >= 11 is 6.44. The zero-order valence-electron chi connectivity index (χ0n) is 5.79. The standard InChI is InChI=1S/C2H4OS.CH2OS.K.H/c1-2(3)4;2-1-3;;/h1H3,(H,3,4);1H,(H,2,3);;/q;;+1;-1. The number of carbonyl (C=O) groups excluding carboxylic acids is 2. The molecular weight excluding hydrogens is 171 g/mol. The molecule has 0 amide bonds. The molecule has 0 N–H and O–H groups in total. The molecule has 0 aliphatic heterocycles. The van der Waals surface area contributed by atoms with E-state index >= 15 is 0 Å². The molecular formula is C3H7KO2S2. The molecule has 44 valence electrons. The summed E-state index contributed by atoms with van der Waals surface area (Å²) < 4.78 is 0. The topological polar surface area (TPSA) is 34.1 Å². The fourth-order valence-electron chi connectivity index (χ4n) is 0. The summed E-state index contributed by atoms with van der Waals surface area (Å²) in [6.45, 7) is 1.39. The zero-order chi connectivity index (χ0) is 6.28. The van der Waals surface area contributed by atoms with Crippen molar-refractivity contribution in [2.24, 2.45) is 0 Å². The van der Waals surface area contributed by atoms with Gasteiger partial charge in [-0.1, -0.05) is 0 Å². The Labute approximate surface area is 104 Å². The average Bonchev–Trinajstić information content (AvgIpc) is 1.33. The first-order valence-corrected chi connectivity index (χ1v) is 2.39. The molecule has 0 spiro atoms. The Kier molecular flexibility index (Phi) is 32.4. The molecule has 2 nitrogen and oxygen atoms in total. The summed E-state index contributed by atoms with van der Waals surface area (Å²) in [4.78, 5) is 18.0. The Morgan fingerprint density at radius 3 is 1.75 bits per heavy atom. The molecule has 0 rings (SSSR count). The predicted octanol–water partition coefficient (Wildman–Crippen LogP) is -2.31. The van der Waals surface area contributed by atoms with Crippen LogP contribution in [0.5, 0.6) is 0 Å². The molecule has 0 aliphatic carbocycles. The van der Waals surface area contributed by atoms with E-state index in [4.69, 9.17) is 4.79 Å². The van der Waals surface area contributed by atoms with Gasteiger partial charge in [-0.2, -0.15) is 0 Å². The van der Waals surface area contributed by atoms with Gasteiger partial charge in [-0.15, -0.1) is 25.3 Å². The van der Waals surface area contributed by atoms with Gasteiger partial charge in [-0.25, -0.2) is 0 Å². The van der Waals surface area contributed by atoms with Crippen LogP contribution in [-0.4, -0.2) is 10.7 Å². The van der Waals surface area contributed by atoms with E-state index in [0.717, 1.165) is 0 Å². The van der Waals surface area contributed by atoms with E-state index in [1.165, 1.54) is 6.92 Å². The van der Waals surface area contributed by atoms with E-state index in [2.05, 4.69) is 25.3 Å². The van der Waals surface area contributed by atoms with Gasteiger partial charge in [-0.3, -0.25) is 9.59 Å². The number of rotatable bonds is 0. The molecule has 0 aromatic heterocycles. The van der Waals surface area contributed by atoms with Crippen molar-refractivity contribution in [2.45, 2.75) is 6.92 Å². The van der Waals surface area contributed by atoms with E-state index in [0.29, 0.717) is 5.62 Å². The first-order valence-electron chi connectivity index (χ1n) is 1.42. The smallest absolute Gasteiger partial charge is 1.00 e. The summed E-state index contributed by atoms with van der Waals surface area (Å²) in [5, 5.41) is -0.139. The van der Waals surface area contributed by atoms with Crippen LogP contribution in [0.25, 0.3) is 0 Å². The minimum absolute atomic E-state index is 0. The van der Waals surface area contributed by atoms with E-state index < -0.39 is 0 Å². The minimum atomic E-state index is -0.139. The average molecular weight is 178 g/mol. The number of hydrogen-bond acceptors (Lipinski definition) is 2. The van der Waals surface area contributed by atoms with Crippen molar-refractivity contribution in [1.29, 1.82) is 0 Å². The Bertz CT molecular complexity index is 66.8. The molecule has 0 unspecified atom stereocenters. The fraction of sp³-hybridized carbons (Fsp3) is 0.333. The summed E-state index contributed by atoms with van der Waals surface area (Å²) in [6.07, 6.45) is 0. The van der Waals surface area contributed by atoms with E-state index in [-0.39, 0.29) is 57.9 Å². The summed E-state index contributed by atoms with van der Waals surface area (Å²) in [5.74, 6) is 0. The van der Waals surface area contributed by atoms with E-state index in [9.17, 15) is 4.79 Å². The second-order valence-corrected chi connectivity index (χ2v) is 1.47. The van der Waals surface area contributed by atoms with Crippen LogP contribution in [0.3, 0.4) is 0 Å². The van der Waals surface area contributed by atoms with Crippen LogP contribution in [0.4, 0.5) is 0 Å². The Balaban J connectivity index is -0.0000000233. The zero-order valence-corrected chi connectivity index (χ0v) is 9.70. The molecule has 0 saturated carbocycles. The largest absolute Gasteiger partial charge is 1.00 e. The van der Waals surface area contributed by atoms with Crippen molar-refractivity contribution < 1.29 is 62.4 Å². The van der Waals surface area contributed by atoms with Crippen molar-refractivity contribution >= 4 is 36.0 Å². The first kappa shape index (κ1) is 16.3. The Morgan fingerprint density at radius 1 is 1.75 bits per heavy atom. The number of carbonyl (C=O) groups is 2. The minimum Gasteiger partial charge on any atom is -1.00 e. The molecule has 0 saturated heterocycles. The Morgan fingerprint density at radius 2 is 1.75 bits per heavy atom. The SMILES string of the molecule is CC(=O)S.O=CS.[H-].[K+]. The maximum Gasteiger partial charge on any atom is 1.00 e. The monoisotopic (exact) mass is 178 g/mol. The van der Waals surface area contributed by atoms with Crippen LogP contribution >= 0.6 is 25.3 Å². The van der Waals surface area contributed by atoms with Crippen LogP contribution in [0, 0.1) is 0 Å². The van der Waals surface area contributed by atoms with Crippen molar-refractivity contribution in [3.63, 3.8) is 0 Å². The van der Waals surface area contributed by atoms with Crippen LogP contribution in [0.15, 0.2) is 0 Å². The van der Waals surface area contributed by atoms with Gasteiger partial charge < -0.3 is 1.43 Å². The number of thiol groups is 2. The Hall–Kier alpha value is 1.68. The molecule has 0 atom stereocenters. The molecule has 8 heavy (non-hydrogen) atoms. The molecule has 0 aliphatic rings. The van der Waals surface area contributed by atoms with Gasteiger partial charge >= 0.3 is 51.4 Å². The van der Waals surface area contributed by atoms with Crippen LogP contribution in [-0.2, 0) is 9.59 Å². The maximum atomic E-state index is 9.31. The van der Waals surface area contributed by atoms with Gasteiger partial charge in [0.15, 0.2) is 10.7 Å². The van der Waals surface area contributed by atoms with Crippen LogP contribution < -0.4 is 51.4 Å². The van der Waals surface area contributed by atoms with Crippen molar-refractivity contribution in [2.75, 3.05) is 0 Å². The molecule has 0 fully saturated rings. The molecule has 5 heteroatoms. The molecule has 0 aromatic rings. The normalized spacial score (nSPS) is 4.88. The fourth-order valence-corrected chi connectivity index (χ4v) is 0. The summed E-state index contributed by atoms with van der Waals surface area (Å²) in [6, 6.07) is 0. The quantitative estimate of drug-likeness (QED) is 0.248. The molecule has 0 radical (unpaired) electrons. The maximum absolute atomic E-state index is 9.31. The third-order valence-corrected chi connectivity index (χ3v) is 0. The summed E-state index contributed by atoms with van der Waals surface area (Å²) in [5.41, 5.74) is 0.444. The molecule has 0 bridgehead atoms. The van der Waals surface area contributed by atoms with Crippen molar-refractivity contribution in [3.05, 3.63) is 0 Å². The number of hydrogen-bond donors (Lipinski definition) is 2. The van der Waals surface area contributed by atoms with Gasteiger partial charge in [0.25, 0.3) is 0 Å². The molecule has 0 aromatic carbocycles. The van der Waals surface area contributed by atoms with Crippen LogP contribution in [0.1, 0.15) is 8.35 Å². The second-order valence-electron chi connectivity index (χ2n) is 0.624. The van der Waals surface area contributed by atoms with Crippen molar-refractivity contribution in [3.8, 4) is 0 Å².